The lowest BCUT2D eigenvalue weighted by Gasteiger charge is -2.38. The van der Waals surface area contributed by atoms with E-state index in [0.717, 1.165) is 19.3 Å². The second-order valence-electron chi connectivity index (χ2n) is 6.38. The third kappa shape index (κ3) is 5.04. The van der Waals surface area contributed by atoms with Crippen LogP contribution in [0.4, 0.5) is 0 Å². The number of rotatable bonds is 2. The molecule has 0 radical (unpaired) electrons. The Bertz CT molecular complexity index is 589. The maximum Gasteiger partial charge on any atom is 0.134 e. The van der Waals surface area contributed by atoms with Gasteiger partial charge in [0.15, 0.2) is 0 Å². The summed E-state index contributed by atoms with van der Waals surface area (Å²) in [6.45, 7) is 12.2. The van der Waals surface area contributed by atoms with E-state index in [1.54, 1.807) is 0 Å². The van der Waals surface area contributed by atoms with Crippen molar-refractivity contribution in [3.63, 3.8) is 0 Å². The van der Waals surface area contributed by atoms with E-state index < -0.39 is 0 Å². The van der Waals surface area contributed by atoms with Crippen LogP contribution in [0.5, 0.6) is 0 Å². The van der Waals surface area contributed by atoms with Crippen molar-refractivity contribution in [2.24, 2.45) is 0 Å². The predicted octanol–water partition coefficient (Wildman–Crippen LogP) is 6.79. The molecule has 1 aliphatic rings. The van der Waals surface area contributed by atoms with E-state index in [-0.39, 0.29) is 5.41 Å². The highest BCUT2D eigenvalue weighted by molar-refractivity contribution is 5.82. The normalized spacial score (nSPS) is 15.4. The average Bonchev–Trinajstić information content (AvgIpc) is 2.66. The van der Waals surface area contributed by atoms with Crippen molar-refractivity contribution in [3.05, 3.63) is 70.8 Å². The number of ketones is 1. The molecule has 0 unspecified atom stereocenters. The SMILES string of the molecule is CC.CC.Cc1ccc(C2(c3ccc(C)cc3)CCCC(=O)C2)cc1. The number of hydrogen-bond acceptors (Lipinski definition) is 1. The van der Waals surface area contributed by atoms with E-state index in [1.807, 2.05) is 27.7 Å². The minimum absolute atomic E-state index is 0.128. The van der Waals surface area contributed by atoms with E-state index in [9.17, 15) is 4.79 Å². The molecule has 2 aromatic rings. The van der Waals surface area contributed by atoms with Gasteiger partial charge in [0.2, 0.25) is 0 Å². The molecule has 0 bridgehead atoms. The van der Waals surface area contributed by atoms with E-state index in [0.29, 0.717) is 12.2 Å². The van der Waals surface area contributed by atoms with Crippen molar-refractivity contribution in [2.45, 2.75) is 72.6 Å². The van der Waals surface area contributed by atoms with Gasteiger partial charge >= 0.3 is 0 Å². The number of aryl methyl sites for hydroxylation is 2. The molecule has 0 spiro atoms. The summed E-state index contributed by atoms with van der Waals surface area (Å²) in [5.74, 6) is 0.391. The smallest absolute Gasteiger partial charge is 0.134 e. The van der Waals surface area contributed by atoms with Crippen molar-refractivity contribution < 1.29 is 4.79 Å². The Morgan fingerprint density at radius 3 is 1.48 bits per heavy atom. The lowest BCUT2D eigenvalue weighted by atomic mass is 9.65. The first-order chi connectivity index (χ1) is 12.1. The molecule has 0 saturated heterocycles. The van der Waals surface area contributed by atoms with Crippen LogP contribution in [0.15, 0.2) is 48.5 Å². The van der Waals surface area contributed by atoms with Gasteiger partial charge in [0.25, 0.3) is 0 Å². The number of carbonyl (C=O) groups excluding carboxylic acids is 1. The van der Waals surface area contributed by atoms with Crippen LogP contribution in [0, 0.1) is 13.8 Å². The number of carbonyl (C=O) groups is 1. The molecule has 1 nitrogen and oxygen atoms in total. The number of Topliss-reactive ketones (excluding diaryl/α,β-unsaturated/α-hetero) is 1. The minimum Gasteiger partial charge on any atom is -0.300 e. The van der Waals surface area contributed by atoms with E-state index in [4.69, 9.17) is 0 Å². The number of benzene rings is 2. The molecule has 0 aliphatic heterocycles. The van der Waals surface area contributed by atoms with Gasteiger partial charge in [-0.15, -0.1) is 0 Å². The zero-order chi connectivity index (χ0) is 18.9. The van der Waals surface area contributed by atoms with Gasteiger partial charge in [-0.25, -0.2) is 0 Å². The van der Waals surface area contributed by atoms with Crippen LogP contribution in [0.1, 0.15) is 75.6 Å². The van der Waals surface area contributed by atoms with Crippen LogP contribution >= 0.6 is 0 Å². The molecule has 1 heteroatoms. The molecular weight excluding hydrogens is 304 g/mol. The zero-order valence-corrected chi connectivity index (χ0v) is 16.9. The summed E-state index contributed by atoms with van der Waals surface area (Å²) in [5.41, 5.74) is 4.96. The van der Waals surface area contributed by atoms with Gasteiger partial charge in [0.05, 0.1) is 0 Å². The van der Waals surface area contributed by atoms with Crippen molar-refractivity contribution in [1.29, 1.82) is 0 Å². The molecule has 1 saturated carbocycles. The molecule has 0 aromatic heterocycles. The average molecular weight is 339 g/mol. The first-order valence-electron chi connectivity index (χ1n) is 9.76. The summed E-state index contributed by atoms with van der Waals surface area (Å²) < 4.78 is 0. The molecule has 136 valence electrons. The maximum absolute atomic E-state index is 12.2. The Morgan fingerprint density at radius 2 is 1.12 bits per heavy atom. The van der Waals surface area contributed by atoms with Crippen molar-refractivity contribution in [3.8, 4) is 0 Å². The first kappa shape index (κ1) is 21.2. The zero-order valence-electron chi connectivity index (χ0n) is 16.9. The quantitative estimate of drug-likeness (QED) is 0.589. The molecule has 0 N–H and O–H groups in total. The third-order valence-electron chi connectivity index (χ3n) is 4.77. The molecule has 1 aliphatic carbocycles. The highest BCUT2D eigenvalue weighted by Gasteiger charge is 2.38. The van der Waals surface area contributed by atoms with Crippen molar-refractivity contribution in [1.82, 2.24) is 0 Å². The van der Waals surface area contributed by atoms with E-state index in [2.05, 4.69) is 62.4 Å². The largest absolute Gasteiger partial charge is 0.300 e. The highest BCUT2D eigenvalue weighted by atomic mass is 16.1. The Labute approximate surface area is 154 Å². The lowest BCUT2D eigenvalue weighted by molar-refractivity contribution is -0.121. The monoisotopic (exact) mass is 338 g/mol. The van der Waals surface area contributed by atoms with E-state index >= 15 is 0 Å². The topological polar surface area (TPSA) is 17.1 Å². The summed E-state index contributed by atoms with van der Waals surface area (Å²) in [7, 11) is 0. The fraction of sp³-hybridized carbons (Fsp3) is 0.458. The fourth-order valence-electron chi connectivity index (χ4n) is 3.51. The van der Waals surface area contributed by atoms with Gasteiger partial charge in [0, 0.05) is 18.3 Å². The molecule has 3 rings (SSSR count). The maximum atomic E-state index is 12.2. The number of hydrogen-bond donors (Lipinski definition) is 0. The van der Waals surface area contributed by atoms with Crippen LogP contribution in [0.25, 0.3) is 0 Å². The Kier molecular flexibility index (Phi) is 8.61. The summed E-state index contributed by atoms with van der Waals surface area (Å²) >= 11 is 0. The summed E-state index contributed by atoms with van der Waals surface area (Å²) in [5, 5.41) is 0. The van der Waals surface area contributed by atoms with Crippen molar-refractivity contribution in [2.75, 3.05) is 0 Å². The second kappa shape index (κ2) is 10.2. The van der Waals surface area contributed by atoms with Crippen LogP contribution in [0.3, 0.4) is 0 Å². The van der Waals surface area contributed by atoms with Crippen LogP contribution in [-0.2, 0) is 10.2 Å². The van der Waals surface area contributed by atoms with Crippen LogP contribution < -0.4 is 0 Å². The van der Waals surface area contributed by atoms with Gasteiger partial charge in [0.1, 0.15) is 5.78 Å². The second-order valence-corrected chi connectivity index (χ2v) is 6.38. The van der Waals surface area contributed by atoms with E-state index in [1.165, 1.54) is 22.3 Å². The van der Waals surface area contributed by atoms with Crippen molar-refractivity contribution >= 4 is 5.78 Å². The summed E-state index contributed by atoms with van der Waals surface area (Å²) in [6.07, 6.45) is 3.42. The molecule has 2 aromatic carbocycles. The standard InChI is InChI=1S/C20H22O.2C2H6/c1-15-5-9-17(10-6-15)20(13-3-4-19(21)14-20)18-11-7-16(2)8-12-18;2*1-2/h5-12H,3-4,13-14H2,1-2H3;2*1-2H3. The molecular formula is C24H34O. The summed E-state index contributed by atoms with van der Waals surface area (Å²) in [6, 6.07) is 17.4. The third-order valence-corrected chi connectivity index (χ3v) is 4.77. The first-order valence-corrected chi connectivity index (χ1v) is 9.76. The fourth-order valence-corrected chi connectivity index (χ4v) is 3.51. The Balaban J connectivity index is 0.000000730. The summed E-state index contributed by atoms with van der Waals surface area (Å²) in [4.78, 5) is 12.2. The van der Waals surface area contributed by atoms with Gasteiger partial charge < -0.3 is 0 Å². The molecule has 0 amide bonds. The van der Waals surface area contributed by atoms with Gasteiger partial charge in [-0.3, -0.25) is 4.79 Å². The Hall–Kier alpha value is -1.89. The van der Waals surface area contributed by atoms with Gasteiger partial charge in [-0.1, -0.05) is 87.4 Å². The molecule has 0 atom stereocenters. The minimum atomic E-state index is -0.128. The molecule has 1 fully saturated rings. The Morgan fingerprint density at radius 1 is 0.720 bits per heavy atom. The van der Waals surface area contributed by atoms with Crippen LogP contribution in [0.2, 0.25) is 0 Å². The van der Waals surface area contributed by atoms with Crippen LogP contribution in [-0.4, -0.2) is 5.78 Å². The highest BCUT2D eigenvalue weighted by Crippen LogP contribution is 2.43. The molecule has 25 heavy (non-hydrogen) atoms. The van der Waals surface area contributed by atoms with Gasteiger partial charge in [-0.05, 0) is 37.8 Å². The predicted molar refractivity (Wildman–Crippen MR) is 109 cm³/mol. The molecule has 0 heterocycles. The van der Waals surface area contributed by atoms with Gasteiger partial charge in [-0.2, -0.15) is 0 Å². The lowest BCUT2D eigenvalue weighted by Crippen LogP contribution is -2.34.